The number of aliphatic hydroxyl groups excluding tert-OH is 1. The fourth-order valence-corrected chi connectivity index (χ4v) is 1.99. The van der Waals surface area contributed by atoms with E-state index in [1.54, 1.807) is 6.07 Å². The van der Waals surface area contributed by atoms with Gasteiger partial charge in [0.1, 0.15) is 6.04 Å². The topological polar surface area (TPSA) is 98.7 Å². The summed E-state index contributed by atoms with van der Waals surface area (Å²) < 4.78 is 0. The standard InChI is InChI=1S/C13H16Cl2N2O4/c1-7(18)6-16-11(13(20)21)5-12(19)17-10-3-2-8(14)4-9(10)15/h2-4,7,11,16,18H,5-6H2,1H3,(H,17,19)(H,20,21)/t7-,11-/m1/s1. The number of anilines is 1. The van der Waals surface area contributed by atoms with Crippen molar-refractivity contribution in [1.82, 2.24) is 5.32 Å². The first-order valence-corrected chi connectivity index (χ1v) is 6.94. The number of amides is 1. The number of aliphatic carboxylic acids is 1. The summed E-state index contributed by atoms with van der Waals surface area (Å²) in [6.07, 6.45) is -0.998. The van der Waals surface area contributed by atoms with Crippen molar-refractivity contribution in [2.45, 2.75) is 25.5 Å². The molecule has 21 heavy (non-hydrogen) atoms. The Morgan fingerprint density at radius 2 is 2.00 bits per heavy atom. The highest BCUT2D eigenvalue weighted by Crippen LogP contribution is 2.25. The van der Waals surface area contributed by atoms with Crippen LogP contribution in [0.3, 0.4) is 0 Å². The molecule has 0 heterocycles. The van der Waals surface area contributed by atoms with Gasteiger partial charge in [0.15, 0.2) is 0 Å². The Morgan fingerprint density at radius 3 is 2.52 bits per heavy atom. The zero-order chi connectivity index (χ0) is 16.0. The summed E-state index contributed by atoms with van der Waals surface area (Å²) in [6, 6.07) is 3.47. The van der Waals surface area contributed by atoms with Crippen molar-refractivity contribution in [3.63, 3.8) is 0 Å². The average molecular weight is 335 g/mol. The number of benzene rings is 1. The third-order valence-corrected chi connectivity index (χ3v) is 3.10. The molecule has 0 unspecified atom stereocenters. The molecule has 8 heteroatoms. The van der Waals surface area contributed by atoms with E-state index in [1.807, 2.05) is 0 Å². The van der Waals surface area contributed by atoms with Crippen molar-refractivity contribution < 1.29 is 19.8 Å². The van der Waals surface area contributed by atoms with Gasteiger partial charge in [0.05, 0.1) is 23.2 Å². The summed E-state index contributed by atoms with van der Waals surface area (Å²) in [5.41, 5.74) is 0.353. The summed E-state index contributed by atoms with van der Waals surface area (Å²) in [5, 5.41) is 24.0. The molecule has 4 N–H and O–H groups in total. The number of carboxylic acids is 1. The van der Waals surface area contributed by atoms with Gasteiger partial charge < -0.3 is 20.8 Å². The molecule has 1 amide bonds. The maximum absolute atomic E-state index is 11.8. The lowest BCUT2D eigenvalue weighted by molar-refractivity contribution is -0.141. The van der Waals surface area contributed by atoms with Crippen LogP contribution in [0, 0.1) is 0 Å². The summed E-state index contributed by atoms with van der Waals surface area (Å²) in [7, 11) is 0. The number of aliphatic hydroxyl groups is 1. The van der Waals surface area contributed by atoms with Gasteiger partial charge in [0, 0.05) is 11.6 Å². The maximum Gasteiger partial charge on any atom is 0.321 e. The van der Waals surface area contributed by atoms with Crippen molar-refractivity contribution in [2.75, 3.05) is 11.9 Å². The number of carbonyl (C=O) groups excluding carboxylic acids is 1. The molecule has 0 radical (unpaired) electrons. The Kier molecular flexibility index (Phi) is 6.91. The summed E-state index contributed by atoms with van der Waals surface area (Å²) in [4.78, 5) is 22.9. The van der Waals surface area contributed by atoms with Crippen molar-refractivity contribution in [3.05, 3.63) is 28.2 Å². The van der Waals surface area contributed by atoms with Gasteiger partial charge >= 0.3 is 5.97 Å². The van der Waals surface area contributed by atoms with Crippen LogP contribution in [-0.4, -0.2) is 40.8 Å². The fraction of sp³-hybridized carbons (Fsp3) is 0.385. The molecule has 0 aliphatic rings. The zero-order valence-electron chi connectivity index (χ0n) is 11.3. The highest BCUT2D eigenvalue weighted by molar-refractivity contribution is 6.36. The van der Waals surface area contributed by atoms with E-state index in [0.717, 1.165) is 0 Å². The molecule has 2 atom stereocenters. The van der Waals surface area contributed by atoms with Gasteiger partial charge in [0.2, 0.25) is 5.91 Å². The number of rotatable bonds is 7. The molecule has 0 aromatic heterocycles. The van der Waals surface area contributed by atoms with E-state index in [-0.39, 0.29) is 18.0 Å². The van der Waals surface area contributed by atoms with Crippen LogP contribution < -0.4 is 10.6 Å². The molecule has 116 valence electrons. The summed E-state index contributed by atoms with van der Waals surface area (Å²) >= 11 is 11.7. The zero-order valence-corrected chi connectivity index (χ0v) is 12.8. The lowest BCUT2D eigenvalue weighted by Crippen LogP contribution is -2.42. The van der Waals surface area contributed by atoms with Gasteiger partial charge in [-0.15, -0.1) is 0 Å². The largest absolute Gasteiger partial charge is 0.480 e. The molecule has 0 spiro atoms. The molecule has 1 aromatic rings. The summed E-state index contributed by atoms with van der Waals surface area (Å²) in [6.45, 7) is 1.59. The van der Waals surface area contributed by atoms with E-state index in [2.05, 4.69) is 10.6 Å². The second kappa shape index (κ2) is 8.19. The number of nitrogens with one attached hydrogen (secondary N) is 2. The van der Waals surface area contributed by atoms with E-state index in [4.69, 9.17) is 33.4 Å². The van der Waals surface area contributed by atoms with E-state index < -0.39 is 24.0 Å². The van der Waals surface area contributed by atoms with Gasteiger partial charge in [-0.3, -0.25) is 9.59 Å². The lowest BCUT2D eigenvalue weighted by atomic mass is 10.2. The van der Waals surface area contributed by atoms with E-state index in [9.17, 15) is 9.59 Å². The predicted molar refractivity (Wildman–Crippen MR) is 80.8 cm³/mol. The third-order valence-electron chi connectivity index (χ3n) is 2.55. The van der Waals surface area contributed by atoms with Crippen molar-refractivity contribution in [1.29, 1.82) is 0 Å². The first kappa shape index (κ1) is 17.7. The van der Waals surface area contributed by atoms with Crippen LogP contribution in [0.15, 0.2) is 18.2 Å². The number of hydrogen-bond donors (Lipinski definition) is 4. The highest BCUT2D eigenvalue weighted by atomic mass is 35.5. The van der Waals surface area contributed by atoms with E-state index >= 15 is 0 Å². The molecular weight excluding hydrogens is 319 g/mol. The quantitative estimate of drug-likeness (QED) is 0.608. The average Bonchev–Trinajstić information content (AvgIpc) is 2.37. The molecular formula is C13H16Cl2N2O4. The minimum atomic E-state index is -1.17. The van der Waals surface area contributed by atoms with Crippen LogP contribution in [0.25, 0.3) is 0 Å². The number of carboxylic acid groups (broad SMARTS) is 1. The molecule has 6 nitrogen and oxygen atoms in total. The lowest BCUT2D eigenvalue weighted by Gasteiger charge is -2.15. The number of carbonyl (C=O) groups is 2. The number of hydrogen-bond acceptors (Lipinski definition) is 4. The monoisotopic (exact) mass is 334 g/mol. The van der Waals surface area contributed by atoms with Crippen molar-refractivity contribution in [3.8, 4) is 0 Å². The molecule has 1 rings (SSSR count). The minimum absolute atomic E-state index is 0.0753. The molecule has 0 saturated heterocycles. The molecule has 0 bridgehead atoms. The Morgan fingerprint density at radius 1 is 1.33 bits per heavy atom. The first-order chi connectivity index (χ1) is 9.79. The van der Waals surface area contributed by atoms with Crippen LogP contribution in [0.2, 0.25) is 10.0 Å². The maximum atomic E-state index is 11.8. The number of halogens is 2. The second-order valence-electron chi connectivity index (χ2n) is 4.52. The smallest absolute Gasteiger partial charge is 0.321 e. The van der Waals surface area contributed by atoms with Crippen LogP contribution in [-0.2, 0) is 9.59 Å². The molecule has 0 saturated carbocycles. The molecule has 0 fully saturated rings. The Hall–Kier alpha value is -1.34. The Labute approximate surface area is 132 Å². The van der Waals surface area contributed by atoms with Gasteiger partial charge in [-0.25, -0.2) is 0 Å². The third kappa shape index (κ3) is 6.31. The Balaban J connectivity index is 2.63. The molecule has 0 aliphatic carbocycles. The molecule has 0 aliphatic heterocycles. The van der Waals surface area contributed by atoms with Gasteiger partial charge in [-0.1, -0.05) is 23.2 Å². The highest BCUT2D eigenvalue weighted by Gasteiger charge is 2.21. The van der Waals surface area contributed by atoms with E-state index in [0.29, 0.717) is 10.7 Å². The SMILES string of the molecule is C[C@@H](O)CN[C@H](CC(=O)Nc1ccc(Cl)cc1Cl)C(=O)O. The Bertz CT molecular complexity index is 523. The van der Waals surface area contributed by atoms with E-state index in [1.165, 1.54) is 19.1 Å². The van der Waals surface area contributed by atoms with Crippen LogP contribution in [0.1, 0.15) is 13.3 Å². The van der Waals surface area contributed by atoms with Gasteiger partial charge in [-0.05, 0) is 25.1 Å². The van der Waals surface area contributed by atoms with Gasteiger partial charge in [0.25, 0.3) is 0 Å². The summed E-state index contributed by atoms with van der Waals surface area (Å²) in [5.74, 6) is -1.68. The van der Waals surface area contributed by atoms with Gasteiger partial charge in [-0.2, -0.15) is 0 Å². The minimum Gasteiger partial charge on any atom is -0.480 e. The molecule has 1 aromatic carbocycles. The predicted octanol–water partition coefficient (Wildman–Crippen LogP) is 1.75. The van der Waals surface area contributed by atoms with Crippen LogP contribution in [0.5, 0.6) is 0 Å². The van der Waals surface area contributed by atoms with Crippen molar-refractivity contribution in [2.24, 2.45) is 0 Å². The fourth-order valence-electron chi connectivity index (χ4n) is 1.54. The van der Waals surface area contributed by atoms with Crippen LogP contribution in [0.4, 0.5) is 5.69 Å². The normalized spacial score (nSPS) is 13.5. The van der Waals surface area contributed by atoms with Crippen LogP contribution >= 0.6 is 23.2 Å². The first-order valence-electron chi connectivity index (χ1n) is 6.18. The second-order valence-corrected chi connectivity index (χ2v) is 5.37. The van der Waals surface area contributed by atoms with Crippen molar-refractivity contribution >= 4 is 40.8 Å².